The van der Waals surface area contributed by atoms with Crippen LogP contribution < -0.4 is 11.1 Å². The van der Waals surface area contributed by atoms with Crippen LogP contribution in [0.25, 0.3) is 0 Å². The topological polar surface area (TPSA) is 75.4 Å². The molecule has 0 saturated heterocycles. The van der Waals surface area contributed by atoms with Gasteiger partial charge in [0, 0.05) is 24.2 Å². The maximum atomic E-state index is 11.2. The summed E-state index contributed by atoms with van der Waals surface area (Å²) in [7, 11) is 0. The lowest BCUT2D eigenvalue weighted by atomic mass is 9.79. The molecule has 0 spiro atoms. The van der Waals surface area contributed by atoms with Gasteiger partial charge in [-0.1, -0.05) is 0 Å². The van der Waals surface area contributed by atoms with Gasteiger partial charge in [0.2, 0.25) is 0 Å². The van der Waals surface area contributed by atoms with Crippen LogP contribution in [0.2, 0.25) is 0 Å². The minimum absolute atomic E-state index is 0.0887. The van der Waals surface area contributed by atoms with E-state index in [0.29, 0.717) is 17.9 Å². The Labute approximate surface area is 93.5 Å². The molecular weight excluding hydrogens is 204 g/mol. The zero-order valence-electron chi connectivity index (χ0n) is 8.86. The molecule has 16 heavy (non-hydrogen) atoms. The smallest absolute Gasteiger partial charge is 0.335 e. The molecule has 3 rings (SSSR count). The largest absolute Gasteiger partial charge is 0.478 e. The molecule has 0 fully saturated rings. The van der Waals surface area contributed by atoms with Crippen molar-refractivity contribution >= 4 is 11.7 Å². The van der Waals surface area contributed by atoms with Crippen molar-refractivity contribution < 1.29 is 9.90 Å². The molecule has 4 nitrogen and oxygen atoms in total. The molecule has 1 aliphatic heterocycles. The van der Waals surface area contributed by atoms with E-state index in [1.807, 2.05) is 6.07 Å². The SMILES string of the molecule is NC1Cc2c(C(=O)O)ccc3c2C(CN3)C1. The number of carbonyl (C=O) groups is 1. The van der Waals surface area contributed by atoms with E-state index in [4.69, 9.17) is 10.8 Å². The first-order valence-corrected chi connectivity index (χ1v) is 5.55. The quantitative estimate of drug-likeness (QED) is 0.661. The summed E-state index contributed by atoms with van der Waals surface area (Å²) in [6.45, 7) is 0.888. The van der Waals surface area contributed by atoms with Gasteiger partial charge in [-0.2, -0.15) is 0 Å². The third kappa shape index (κ3) is 1.23. The molecule has 1 aromatic rings. The molecule has 84 valence electrons. The summed E-state index contributed by atoms with van der Waals surface area (Å²) in [6, 6.07) is 3.65. The Hall–Kier alpha value is -1.55. The first-order valence-electron chi connectivity index (χ1n) is 5.55. The van der Waals surface area contributed by atoms with Crippen molar-refractivity contribution in [1.82, 2.24) is 0 Å². The average Bonchev–Trinajstić information content (AvgIpc) is 2.62. The van der Waals surface area contributed by atoms with Gasteiger partial charge in [0.15, 0.2) is 0 Å². The van der Waals surface area contributed by atoms with Gasteiger partial charge in [-0.15, -0.1) is 0 Å². The van der Waals surface area contributed by atoms with Crippen LogP contribution in [-0.2, 0) is 6.42 Å². The number of aromatic carboxylic acids is 1. The van der Waals surface area contributed by atoms with Crippen molar-refractivity contribution in [2.24, 2.45) is 5.73 Å². The number of nitrogens with two attached hydrogens (primary N) is 1. The Morgan fingerprint density at radius 1 is 1.50 bits per heavy atom. The summed E-state index contributed by atoms with van der Waals surface area (Å²) >= 11 is 0. The van der Waals surface area contributed by atoms with Crippen molar-refractivity contribution in [2.45, 2.75) is 24.8 Å². The lowest BCUT2D eigenvalue weighted by Crippen LogP contribution is -2.31. The predicted octanol–water partition coefficient (Wildman–Crippen LogP) is 1.17. The van der Waals surface area contributed by atoms with E-state index >= 15 is 0 Å². The number of hydrogen-bond acceptors (Lipinski definition) is 3. The number of benzene rings is 1. The molecule has 0 radical (unpaired) electrons. The second-order valence-corrected chi connectivity index (χ2v) is 4.64. The van der Waals surface area contributed by atoms with E-state index in [0.717, 1.165) is 24.2 Å². The van der Waals surface area contributed by atoms with E-state index in [1.54, 1.807) is 6.07 Å². The molecule has 2 atom stereocenters. The fourth-order valence-corrected chi connectivity index (χ4v) is 2.95. The molecule has 1 heterocycles. The lowest BCUT2D eigenvalue weighted by Gasteiger charge is -2.26. The van der Waals surface area contributed by atoms with Gasteiger partial charge in [0.1, 0.15) is 0 Å². The summed E-state index contributed by atoms with van der Waals surface area (Å²) in [5, 5.41) is 12.5. The van der Waals surface area contributed by atoms with Gasteiger partial charge in [-0.05, 0) is 36.1 Å². The Bertz CT molecular complexity index is 470. The van der Waals surface area contributed by atoms with Crippen molar-refractivity contribution in [2.75, 3.05) is 11.9 Å². The normalized spacial score (nSPS) is 26.1. The predicted molar refractivity (Wildman–Crippen MR) is 60.9 cm³/mol. The van der Waals surface area contributed by atoms with E-state index in [2.05, 4.69) is 5.32 Å². The van der Waals surface area contributed by atoms with Gasteiger partial charge in [-0.25, -0.2) is 4.79 Å². The monoisotopic (exact) mass is 218 g/mol. The van der Waals surface area contributed by atoms with Crippen molar-refractivity contribution in [3.8, 4) is 0 Å². The number of anilines is 1. The maximum Gasteiger partial charge on any atom is 0.335 e. The molecule has 4 N–H and O–H groups in total. The van der Waals surface area contributed by atoms with E-state index in [9.17, 15) is 4.79 Å². The Balaban J connectivity index is 2.21. The summed E-state index contributed by atoms with van der Waals surface area (Å²) in [6.07, 6.45) is 1.64. The molecule has 4 heteroatoms. The second kappa shape index (κ2) is 3.22. The maximum absolute atomic E-state index is 11.2. The molecule has 2 aliphatic rings. The van der Waals surface area contributed by atoms with Gasteiger partial charge in [0.05, 0.1) is 5.56 Å². The van der Waals surface area contributed by atoms with Crippen LogP contribution in [0.5, 0.6) is 0 Å². The van der Waals surface area contributed by atoms with E-state index in [-0.39, 0.29) is 6.04 Å². The summed E-state index contributed by atoms with van der Waals surface area (Å²) in [5.74, 6) is -0.453. The Morgan fingerprint density at radius 3 is 3.06 bits per heavy atom. The van der Waals surface area contributed by atoms with E-state index in [1.165, 1.54) is 5.56 Å². The fourth-order valence-electron chi connectivity index (χ4n) is 2.95. The molecule has 1 aliphatic carbocycles. The van der Waals surface area contributed by atoms with E-state index < -0.39 is 5.97 Å². The average molecular weight is 218 g/mol. The van der Waals surface area contributed by atoms with Crippen molar-refractivity contribution in [3.05, 3.63) is 28.8 Å². The highest BCUT2D eigenvalue weighted by Crippen LogP contribution is 2.42. The minimum Gasteiger partial charge on any atom is -0.478 e. The van der Waals surface area contributed by atoms with Crippen LogP contribution >= 0.6 is 0 Å². The first kappa shape index (κ1) is 9.66. The van der Waals surface area contributed by atoms with Gasteiger partial charge >= 0.3 is 5.97 Å². The summed E-state index contributed by atoms with van der Waals surface area (Å²) < 4.78 is 0. The van der Waals surface area contributed by atoms with Crippen molar-refractivity contribution in [1.29, 1.82) is 0 Å². The molecule has 0 bridgehead atoms. The van der Waals surface area contributed by atoms with Crippen molar-refractivity contribution in [3.63, 3.8) is 0 Å². The van der Waals surface area contributed by atoms with Crippen LogP contribution in [0, 0.1) is 0 Å². The number of hydrogen-bond donors (Lipinski definition) is 3. The minimum atomic E-state index is -0.849. The highest BCUT2D eigenvalue weighted by molar-refractivity contribution is 5.91. The molecule has 0 saturated carbocycles. The molecule has 1 aromatic carbocycles. The van der Waals surface area contributed by atoms with Crippen LogP contribution in [-0.4, -0.2) is 23.7 Å². The highest BCUT2D eigenvalue weighted by Gasteiger charge is 2.33. The van der Waals surface area contributed by atoms with Gasteiger partial charge in [-0.3, -0.25) is 0 Å². The van der Waals surface area contributed by atoms with Crippen LogP contribution in [0.3, 0.4) is 0 Å². The van der Waals surface area contributed by atoms with Crippen LogP contribution in [0.4, 0.5) is 5.69 Å². The molecule has 0 amide bonds. The zero-order chi connectivity index (χ0) is 11.3. The Kier molecular flexibility index (Phi) is 1.94. The Morgan fingerprint density at radius 2 is 2.31 bits per heavy atom. The number of carboxylic acids is 1. The number of nitrogens with one attached hydrogen (secondary N) is 1. The zero-order valence-corrected chi connectivity index (χ0v) is 8.86. The summed E-state index contributed by atoms with van der Waals surface area (Å²) in [4.78, 5) is 11.2. The first-order chi connectivity index (χ1) is 7.66. The van der Waals surface area contributed by atoms with Crippen LogP contribution in [0.15, 0.2) is 12.1 Å². The summed E-state index contributed by atoms with van der Waals surface area (Å²) in [5.41, 5.74) is 9.64. The third-order valence-electron chi connectivity index (χ3n) is 3.59. The van der Waals surface area contributed by atoms with Crippen LogP contribution in [0.1, 0.15) is 33.8 Å². The standard InChI is InChI=1S/C12H14N2O2/c13-7-3-6-5-14-10-2-1-8(12(15)16)9(4-7)11(6)10/h1-2,6-7,14H,3-5,13H2,(H,15,16). The number of carboxylic acid groups (broad SMARTS) is 1. The second-order valence-electron chi connectivity index (χ2n) is 4.64. The molecule has 0 aromatic heterocycles. The fraction of sp³-hybridized carbons (Fsp3) is 0.417. The van der Waals surface area contributed by atoms with Gasteiger partial charge in [0.25, 0.3) is 0 Å². The number of rotatable bonds is 1. The van der Waals surface area contributed by atoms with Gasteiger partial charge < -0.3 is 16.2 Å². The highest BCUT2D eigenvalue weighted by atomic mass is 16.4. The molecular formula is C12H14N2O2. The third-order valence-corrected chi connectivity index (χ3v) is 3.59. The lowest BCUT2D eigenvalue weighted by molar-refractivity contribution is 0.0695. The molecule has 2 unspecified atom stereocenters.